The van der Waals surface area contributed by atoms with E-state index in [-0.39, 0.29) is 5.75 Å². The van der Waals surface area contributed by atoms with Crippen LogP contribution in [0.1, 0.15) is 43.4 Å². The lowest BCUT2D eigenvalue weighted by atomic mass is 10.1. The summed E-state index contributed by atoms with van der Waals surface area (Å²) in [6.45, 7) is 5.76. The standard InChI is InChI=1S/C23H30N2O3/c1-3-14-28-21-11-8-19(23(26)15-21)16-24-17-22(25-12-4-5-13-25)18-6-9-20(27-2)10-7-18/h6-11,15-16,22,26H,3-5,12-14,17H2,1-2H3/p+1/t22-/m1/s1. The van der Waals surface area contributed by atoms with E-state index in [2.05, 4.69) is 24.0 Å². The van der Waals surface area contributed by atoms with Gasteiger partial charge in [0.25, 0.3) is 0 Å². The molecular weight excluding hydrogens is 352 g/mol. The Morgan fingerprint density at radius 2 is 1.82 bits per heavy atom. The number of rotatable bonds is 9. The first kappa shape index (κ1) is 20.2. The molecule has 150 valence electrons. The Kier molecular flexibility index (Phi) is 7.31. The van der Waals surface area contributed by atoms with Crippen LogP contribution in [0.15, 0.2) is 47.5 Å². The van der Waals surface area contributed by atoms with Crippen LogP contribution in [0, 0.1) is 0 Å². The third-order valence-electron chi connectivity index (χ3n) is 5.25. The maximum Gasteiger partial charge on any atom is 0.133 e. The molecule has 5 nitrogen and oxygen atoms in total. The Bertz CT molecular complexity index is 768. The summed E-state index contributed by atoms with van der Waals surface area (Å²) in [6, 6.07) is 14.0. The number of phenolic OH excluding ortho intramolecular Hbond substituents is 1. The summed E-state index contributed by atoms with van der Waals surface area (Å²) in [5.41, 5.74) is 2.00. The van der Waals surface area contributed by atoms with Crippen molar-refractivity contribution in [3.8, 4) is 17.2 Å². The minimum absolute atomic E-state index is 0.201. The number of quaternary nitrogens is 1. The van der Waals surface area contributed by atoms with Gasteiger partial charge in [-0.1, -0.05) is 6.92 Å². The van der Waals surface area contributed by atoms with Crippen LogP contribution >= 0.6 is 0 Å². The molecule has 5 heteroatoms. The van der Waals surface area contributed by atoms with Gasteiger partial charge in [0.2, 0.25) is 0 Å². The van der Waals surface area contributed by atoms with Gasteiger partial charge in [0.15, 0.2) is 0 Å². The number of likely N-dealkylation sites (tertiary alicyclic amines) is 1. The van der Waals surface area contributed by atoms with Crippen molar-refractivity contribution in [3.63, 3.8) is 0 Å². The number of hydrogen-bond donors (Lipinski definition) is 2. The summed E-state index contributed by atoms with van der Waals surface area (Å²) in [7, 11) is 1.69. The van der Waals surface area contributed by atoms with E-state index >= 15 is 0 Å². The molecule has 0 unspecified atom stereocenters. The Balaban J connectivity index is 1.70. The van der Waals surface area contributed by atoms with Crippen LogP contribution in [0.2, 0.25) is 0 Å². The van der Waals surface area contributed by atoms with Crippen LogP contribution < -0.4 is 14.4 Å². The minimum Gasteiger partial charge on any atom is -0.507 e. The molecule has 0 amide bonds. The number of aliphatic imine (C=N–C) groups is 1. The van der Waals surface area contributed by atoms with Gasteiger partial charge >= 0.3 is 0 Å². The third kappa shape index (κ3) is 5.26. The van der Waals surface area contributed by atoms with Crippen LogP contribution in [-0.4, -0.2) is 44.7 Å². The highest BCUT2D eigenvalue weighted by molar-refractivity contribution is 5.83. The highest BCUT2D eigenvalue weighted by Crippen LogP contribution is 2.23. The van der Waals surface area contributed by atoms with Gasteiger partial charge in [-0.25, -0.2) is 0 Å². The summed E-state index contributed by atoms with van der Waals surface area (Å²) in [5, 5.41) is 10.3. The fourth-order valence-electron chi connectivity index (χ4n) is 3.68. The van der Waals surface area contributed by atoms with Crippen LogP contribution in [0.25, 0.3) is 0 Å². The smallest absolute Gasteiger partial charge is 0.133 e. The van der Waals surface area contributed by atoms with Crippen molar-refractivity contribution < 1.29 is 19.5 Å². The zero-order valence-corrected chi connectivity index (χ0v) is 16.9. The van der Waals surface area contributed by atoms with Crippen LogP contribution in [0.4, 0.5) is 0 Å². The van der Waals surface area contributed by atoms with E-state index in [0.29, 0.717) is 30.5 Å². The van der Waals surface area contributed by atoms with Gasteiger partial charge in [0.1, 0.15) is 23.3 Å². The molecule has 0 saturated carbocycles. The van der Waals surface area contributed by atoms with E-state index in [1.165, 1.54) is 31.5 Å². The van der Waals surface area contributed by atoms with E-state index in [0.717, 1.165) is 12.2 Å². The Hall–Kier alpha value is -2.53. The van der Waals surface area contributed by atoms with E-state index in [1.54, 1.807) is 24.3 Å². The fourth-order valence-corrected chi connectivity index (χ4v) is 3.68. The molecule has 0 spiro atoms. The second-order valence-corrected chi connectivity index (χ2v) is 7.25. The molecule has 0 aliphatic carbocycles. The average Bonchev–Trinajstić information content (AvgIpc) is 3.25. The van der Waals surface area contributed by atoms with Crippen molar-refractivity contribution in [1.29, 1.82) is 0 Å². The predicted molar refractivity (Wildman–Crippen MR) is 112 cm³/mol. The zero-order valence-electron chi connectivity index (χ0n) is 16.9. The molecule has 2 aromatic rings. The number of aromatic hydroxyl groups is 1. The lowest BCUT2D eigenvalue weighted by Crippen LogP contribution is -3.10. The van der Waals surface area contributed by atoms with E-state index in [9.17, 15) is 5.11 Å². The largest absolute Gasteiger partial charge is 0.507 e. The fraction of sp³-hybridized carbons (Fsp3) is 0.435. The molecule has 0 bridgehead atoms. The van der Waals surface area contributed by atoms with Crippen molar-refractivity contribution in [2.24, 2.45) is 4.99 Å². The molecule has 1 atom stereocenters. The van der Waals surface area contributed by atoms with Gasteiger partial charge in [-0.3, -0.25) is 4.99 Å². The topological polar surface area (TPSA) is 55.5 Å². The summed E-state index contributed by atoms with van der Waals surface area (Å²) in [4.78, 5) is 6.26. The first-order valence-electron chi connectivity index (χ1n) is 10.2. The number of methoxy groups -OCH3 is 1. The molecule has 1 fully saturated rings. The van der Waals surface area contributed by atoms with Gasteiger partial charge in [0, 0.05) is 36.2 Å². The molecule has 2 aromatic carbocycles. The Morgan fingerprint density at radius 1 is 1.11 bits per heavy atom. The van der Waals surface area contributed by atoms with E-state index < -0.39 is 0 Å². The minimum atomic E-state index is 0.201. The molecule has 0 radical (unpaired) electrons. The molecule has 1 heterocycles. The normalized spacial score (nSPS) is 15.8. The monoisotopic (exact) mass is 383 g/mol. The second kappa shape index (κ2) is 10.1. The summed E-state index contributed by atoms with van der Waals surface area (Å²) >= 11 is 0. The number of benzene rings is 2. The van der Waals surface area contributed by atoms with Gasteiger partial charge in [-0.15, -0.1) is 0 Å². The molecule has 28 heavy (non-hydrogen) atoms. The molecule has 2 N–H and O–H groups in total. The number of phenols is 1. The first-order valence-corrected chi connectivity index (χ1v) is 10.2. The summed E-state index contributed by atoms with van der Waals surface area (Å²) < 4.78 is 10.8. The van der Waals surface area contributed by atoms with Gasteiger partial charge in [-0.2, -0.15) is 0 Å². The lowest BCUT2D eigenvalue weighted by Gasteiger charge is -2.23. The van der Waals surface area contributed by atoms with Crippen molar-refractivity contribution in [2.75, 3.05) is 33.4 Å². The Labute approximate surface area is 167 Å². The van der Waals surface area contributed by atoms with Gasteiger partial charge in [-0.05, 0) is 42.8 Å². The molecule has 1 aliphatic rings. The van der Waals surface area contributed by atoms with E-state index in [1.807, 2.05) is 24.3 Å². The van der Waals surface area contributed by atoms with Crippen LogP contribution in [0.3, 0.4) is 0 Å². The molecule has 0 aromatic heterocycles. The van der Waals surface area contributed by atoms with E-state index in [4.69, 9.17) is 9.47 Å². The average molecular weight is 384 g/mol. The van der Waals surface area contributed by atoms with Gasteiger partial charge in [0.05, 0.1) is 33.4 Å². The van der Waals surface area contributed by atoms with Crippen molar-refractivity contribution in [3.05, 3.63) is 53.6 Å². The highest BCUT2D eigenvalue weighted by Gasteiger charge is 2.27. The number of nitrogens with zero attached hydrogens (tertiary/aromatic N) is 1. The Morgan fingerprint density at radius 3 is 2.46 bits per heavy atom. The van der Waals surface area contributed by atoms with Crippen molar-refractivity contribution >= 4 is 6.21 Å². The summed E-state index contributed by atoms with van der Waals surface area (Å²) in [5.74, 6) is 1.76. The SMILES string of the molecule is CCCOc1ccc(C=NC[C@H](c2ccc(OC)cc2)[NH+]2CCCC2)c(O)c1. The zero-order chi connectivity index (χ0) is 19.8. The number of ether oxygens (including phenoxy) is 2. The number of nitrogens with one attached hydrogen (secondary N) is 1. The maximum absolute atomic E-state index is 10.3. The third-order valence-corrected chi connectivity index (χ3v) is 5.25. The first-order chi connectivity index (χ1) is 13.7. The van der Waals surface area contributed by atoms with Crippen molar-refractivity contribution in [2.45, 2.75) is 32.2 Å². The summed E-state index contributed by atoms with van der Waals surface area (Å²) in [6.07, 6.45) is 5.25. The van der Waals surface area contributed by atoms with Crippen LogP contribution in [-0.2, 0) is 0 Å². The lowest BCUT2D eigenvalue weighted by molar-refractivity contribution is -0.918. The quantitative estimate of drug-likeness (QED) is 0.655. The number of hydrogen-bond acceptors (Lipinski definition) is 4. The van der Waals surface area contributed by atoms with Gasteiger partial charge < -0.3 is 19.5 Å². The highest BCUT2D eigenvalue weighted by atomic mass is 16.5. The second-order valence-electron chi connectivity index (χ2n) is 7.25. The maximum atomic E-state index is 10.3. The predicted octanol–water partition coefficient (Wildman–Crippen LogP) is 3.03. The molecule has 1 saturated heterocycles. The van der Waals surface area contributed by atoms with Crippen LogP contribution in [0.5, 0.6) is 17.2 Å². The molecule has 1 aliphatic heterocycles. The molecule has 3 rings (SSSR count). The molecular formula is C23H31N2O3+. The van der Waals surface area contributed by atoms with Crippen molar-refractivity contribution in [1.82, 2.24) is 0 Å².